The lowest BCUT2D eigenvalue weighted by Gasteiger charge is -2.14. The first-order chi connectivity index (χ1) is 16.1. The van der Waals surface area contributed by atoms with Crippen molar-refractivity contribution in [2.45, 2.75) is 6.92 Å². The van der Waals surface area contributed by atoms with Crippen molar-refractivity contribution in [3.63, 3.8) is 0 Å². The molecule has 0 bridgehead atoms. The van der Waals surface area contributed by atoms with Gasteiger partial charge in [-0.25, -0.2) is 9.97 Å². The minimum Gasteiger partial charge on any atom is -0.398 e. The van der Waals surface area contributed by atoms with Gasteiger partial charge in [-0.1, -0.05) is 35.9 Å². The summed E-state index contributed by atoms with van der Waals surface area (Å²) in [5.74, 6) is 0.498. The van der Waals surface area contributed by atoms with Gasteiger partial charge in [0, 0.05) is 33.7 Å². The van der Waals surface area contributed by atoms with Crippen LogP contribution >= 0.6 is 11.3 Å². The monoisotopic (exact) mass is 450 g/mol. The standard InChI is InChI=1S/C25H18N6OS/c1-13-4-2-5-14(10-13)23-29-22-17(25-27-8-9-33-25)11-16(21(26)20(22)24(32)30-23)15-6-3-7-19-18(15)12-28-31-19/h2-12H,26H2,1H3,(H,28,31)(H,29,30,32). The van der Waals surface area contributed by atoms with Crippen LogP contribution in [0.15, 0.2) is 71.1 Å². The number of benzene rings is 3. The minimum atomic E-state index is -0.284. The molecule has 0 saturated heterocycles. The fourth-order valence-electron chi connectivity index (χ4n) is 4.22. The molecule has 33 heavy (non-hydrogen) atoms. The van der Waals surface area contributed by atoms with Crippen LogP contribution in [0.1, 0.15) is 5.56 Å². The van der Waals surface area contributed by atoms with Gasteiger partial charge in [-0.15, -0.1) is 11.3 Å². The Kier molecular flexibility index (Phi) is 4.34. The smallest absolute Gasteiger partial charge is 0.261 e. The maximum atomic E-state index is 13.4. The highest BCUT2D eigenvalue weighted by Gasteiger charge is 2.20. The zero-order chi connectivity index (χ0) is 22.5. The summed E-state index contributed by atoms with van der Waals surface area (Å²) in [4.78, 5) is 25.7. The maximum Gasteiger partial charge on any atom is 0.261 e. The van der Waals surface area contributed by atoms with Crippen LogP contribution in [0, 0.1) is 6.92 Å². The predicted molar refractivity (Wildman–Crippen MR) is 133 cm³/mol. The summed E-state index contributed by atoms with van der Waals surface area (Å²) in [7, 11) is 0. The Hall–Kier alpha value is -4.30. The quantitative estimate of drug-likeness (QED) is 0.323. The summed E-state index contributed by atoms with van der Waals surface area (Å²) in [6.07, 6.45) is 3.51. The van der Waals surface area contributed by atoms with Crippen LogP contribution in [0.4, 0.5) is 5.69 Å². The number of fused-ring (bicyclic) bond motifs is 2. The number of aromatic nitrogens is 5. The van der Waals surface area contributed by atoms with Gasteiger partial charge in [-0.05, 0) is 30.7 Å². The molecule has 3 aromatic heterocycles. The first-order valence-electron chi connectivity index (χ1n) is 10.4. The summed E-state index contributed by atoms with van der Waals surface area (Å²) in [5.41, 5.74) is 12.5. The van der Waals surface area contributed by atoms with Crippen molar-refractivity contribution in [1.82, 2.24) is 25.1 Å². The number of nitrogens with zero attached hydrogens (tertiary/aromatic N) is 3. The molecule has 160 valence electrons. The summed E-state index contributed by atoms with van der Waals surface area (Å²) >= 11 is 1.49. The van der Waals surface area contributed by atoms with Crippen LogP contribution in [0.25, 0.3) is 54.9 Å². The highest BCUT2D eigenvalue weighted by atomic mass is 32.1. The Labute approximate surface area is 192 Å². The van der Waals surface area contributed by atoms with Crippen molar-refractivity contribution < 1.29 is 0 Å². The molecule has 3 heterocycles. The molecule has 7 nitrogen and oxygen atoms in total. The number of anilines is 1. The number of nitrogens with one attached hydrogen (secondary N) is 2. The van der Waals surface area contributed by atoms with Gasteiger partial charge in [0.05, 0.1) is 28.3 Å². The fraction of sp³-hybridized carbons (Fsp3) is 0.0400. The number of H-pyrrole nitrogens is 2. The van der Waals surface area contributed by atoms with E-state index >= 15 is 0 Å². The van der Waals surface area contributed by atoms with E-state index in [0.29, 0.717) is 22.4 Å². The van der Waals surface area contributed by atoms with Gasteiger partial charge in [0.25, 0.3) is 5.56 Å². The minimum absolute atomic E-state index is 0.284. The summed E-state index contributed by atoms with van der Waals surface area (Å²) in [6, 6.07) is 15.7. The molecular formula is C25H18N6OS. The Morgan fingerprint density at radius 3 is 2.73 bits per heavy atom. The lowest BCUT2D eigenvalue weighted by molar-refractivity contribution is 1.12. The number of rotatable bonds is 3. The first-order valence-corrected chi connectivity index (χ1v) is 11.2. The summed E-state index contributed by atoms with van der Waals surface area (Å²) in [6.45, 7) is 2.00. The molecule has 0 amide bonds. The molecule has 0 aliphatic heterocycles. The molecule has 8 heteroatoms. The Morgan fingerprint density at radius 1 is 1.03 bits per heavy atom. The molecule has 4 N–H and O–H groups in total. The molecule has 0 saturated carbocycles. The first kappa shape index (κ1) is 19.4. The predicted octanol–water partition coefficient (Wildman–Crippen LogP) is 5.15. The number of thiazole rings is 1. The lowest BCUT2D eigenvalue weighted by atomic mass is 9.95. The van der Waals surface area contributed by atoms with E-state index in [9.17, 15) is 4.79 Å². The molecule has 6 rings (SSSR count). The van der Waals surface area contributed by atoms with Crippen LogP contribution in [-0.4, -0.2) is 25.1 Å². The number of hydrogen-bond acceptors (Lipinski definition) is 6. The van der Waals surface area contributed by atoms with Crippen LogP contribution in [0.3, 0.4) is 0 Å². The van der Waals surface area contributed by atoms with E-state index in [1.54, 1.807) is 12.4 Å². The van der Waals surface area contributed by atoms with Crippen molar-refractivity contribution >= 4 is 38.8 Å². The largest absolute Gasteiger partial charge is 0.398 e. The summed E-state index contributed by atoms with van der Waals surface area (Å²) in [5, 5.41) is 11.1. The van der Waals surface area contributed by atoms with Crippen molar-refractivity contribution in [1.29, 1.82) is 0 Å². The highest BCUT2D eigenvalue weighted by Crippen LogP contribution is 2.40. The molecule has 0 radical (unpaired) electrons. The summed E-state index contributed by atoms with van der Waals surface area (Å²) < 4.78 is 0. The fourth-order valence-corrected chi connectivity index (χ4v) is 4.87. The maximum absolute atomic E-state index is 13.4. The van der Waals surface area contributed by atoms with E-state index in [1.807, 2.05) is 60.8 Å². The second-order valence-electron chi connectivity index (χ2n) is 7.87. The number of nitrogens with two attached hydrogens (primary N) is 1. The van der Waals surface area contributed by atoms with E-state index in [1.165, 1.54) is 11.3 Å². The number of aryl methyl sites for hydroxylation is 1. The second kappa shape index (κ2) is 7.39. The van der Waals surface area contributed by atoms with Crippen molar-refractivity contribution in [3.05, 3.63) is 82.2 Å². The van der Waals surface area contributed by atoms with Gasteiger partial charge >= 0.3 is 0 Å². The SMILES string of the molecule is Cc1cccc(-c2nc3c(-c4nccs4)cc(-c4cccc5[nH]ncc45)c(N)c3c(=O)[nH]2)c1. The van der Waals surface area contributed by atoms with E-state index < -0.39 is 0 Å². The number of hydrogen-bond donors (Lipinski definition) is 3. The van der Waals surface area contributed by atoms with Crippen molar-refractivity contribution in [2.24, 2.45) is 0 Å². The van der Waals surface area contributed by atoms with Gasteiger partial charge in [-0.3, -0.25) is 9.89 Å². The third-order valence-corrected chi connectivity index (χ3v) is 6.56. The molecule has 6 aromatic rings. The highest BCUT2D eigenvalue weighted by molar-refractivity contribution is 7.13. The topological polar surface area (TPSA) is 113 Å². The number of aromatic amines is 2. The molecule has 0 atom stereocenters. The Morgan fingerprint density at radius 2 is 1.91 bits per heavy atom. The molecule has 0 fully saturated rings. The average Bonchev–Trinajstić information content (AvgIpc) is 3.51. The Bertz CT molecular complexity index is 1720. The zero-order valence-corrected chi connectivity index (χ0v) is 18.4. The molecule has 3 aromatic carbocycles. The van der Waals surface area contributed by atoms with Gasteiger partial charge < -0.3 is 10.7 Å². The number of nitrogen functional groups attached to an aromatic ring is 1. The van der Waals surface area contributed by atoms with E-state index in [4.69, 9.17) is 10.7 Å². The third-order valence-electron chi connectivity index (χ3n) is 5.75. The van der Waals surface area contributed by atoms with E-state index in [-0.39, 0.29) is 5.56 Å². The van der Waals surface area contributed by atoms with Crippen LogP contribution in [0.2, 0.25) is 0 Å². The van der Waals surface area contributed by atoms with Gasteiger partial charge in [-0.2, -0.15) is 5.10 Å². The molecule has 0 aliphatic carbocycles. The molecule has 0 unspecified atom stereocenters. The average molecular weight is 451 g/mol. The normalized spacial score (nSPS) is 11.4. The third kappa shape index (κ3) is 3.11. The van der Waals surface area contributed by atoms with Gasteiger partial charge in [0.15, 0.2) is 0 Å². The van der Waals surface area contributed by atoms with E-state index in [2.05, 4.69) is 20.2 Å². The van der Waals surface area contributed by atoms with Gasteiger partial charge in [0.1, 0.15) is 10.8 Å². The second-order valence-corrected chi connectivity index (χ2v) is 8.76. The van der Waals surface area contributed by atoms with Crippen LogP contribution < -0.4 is 11.3 Å². The van der Waals surface area contributed by atoms with Crippen molar-refractivity contribution in [3.8, 4) is 33.1 Å². The molecular weight excluding hydrogens is 432 g/mol. The van der Waals surface area contributed by atoms with Crippen molar-refractivity contribution in [2.75, 3.05) is 5.73 Å². The lowest BCUT2D eigenvalue weighted by Crippen LogP contribution is -2.13. The molecule has 0 aliphatic rings. The zero-order valence-electron chi connectivity index (χ0n) is 17.6. The van der Waals surface area contributed by atoms with Gasteiger partial charge in [0.2, 0.25) is 0 Å². The molecule has 0 spiro atoms. The van der Waals surface area contributed by atoms with Crippen LogP contribution in [-0.2, 0) is 0 Å². The van der Waals surface area contributed by atoms with Crippen LogP contribution in [0.5, 0.6) is 0 Å². The Balaban J connectivity index is 1.72. The van der Waals surface area contributed by atoms with E-state index in [0.717, 1.165) is 43.7 Å².